The first-order valence-electron chi connectivity index (χ1n) is 7.38. The Morgan fingerprint density at radius 2 is 1.96 bits per heavy atom. The van der Waals surface area contributed by atoms with E-state index in [1.165, 1.54) is 24.0 Å². The monoisotopic (exact) mass is 336 g/mol. The molecule has 0 amide bonds. The normalized spacial score (nSPS) is 10.9. The molecule has 118 valence electrons. The molecule has 0 saturated carbocycles. The fourth-order valence-corrected chi connectivity index (χ4v) is 3.33. The predicted octanol–water partition coefficient (Wildman–Crippen LogP) is 4.71. The van der Waals surface area contributed by atoms with Crippen LogP contribution in [-0.4, -0.2) is 19.9 Å². The first kappa shape index (κ1) is 14.7. The summed E-state index contributed by atoms with van der Waals surface area (Å²) in [7, 11) is 0. The van der Waals surface area contributed by atoms with Crippen LogP contribution in [0.2, 0.25) is 0 Å². The van der Waals surface area contributed by atoms with Gasteiger partial charge >= 0.3 is 0 Å². The van der Waals surface area contributed by atoms with Crippen molar-refractivity contribution in [3.63, 3.8) is 0 Å². The van der Waals surface area contributed by atoms with Crippen molar-refractivity contribution >= 4 is 11.3 Å². The van der Waals surface area contributed by atoms with Crippen molar-refractivity contribution in [1.82, 2.24) is 19.9 Å². The zero-order valence-electron chi connectivity index (χ0n) is 12.8. The van der Waals surface area contributed by atoms with E-state index in [1.807, 2.05) is 6.07 Å². The van der Waals surface area contributed by atoms with Crippen LogP contribution in [0.15, 0.2) is 54.3 Å². The molecule has 4 rings (SSSR count). The second-order valence-corrected chi connectivity index (χ2v) is 6.31. The SMILES string of the molecule is Cc1csc(-c2nc(-c3ccc(F)cc3)c(-c3ccncn3)[nH]2)c1. The molecule has 0 bridgehead atoms. The van der Waals surface area contributed by atoms with Gasteiger partial charge in [-0.15, -0.1) is 11.3 Å². The van der Waals surface area contributed by atoms with Crippen LogP contribution >= 0.6 is 11.3 Å². The number of imidazole rings is 1. The molecule has 0 aliphatic carbocycles. The highest BCUT2D eigenvalue weighted by Crippen LogP contribution is 2.33. The molecule has 0 spiro atoms. The quantitative estimate of drug-likeness (QED) is 0.589. The Hall–Kier alpha value is -2.86. The van der Waals surface area contributed by atoms with E-state index in [0.29, 0.717) is 0 Å². The van der Waals surface area contributed by atoms with Crippen LogP contribution in [0.4, 0.5) is 4.39 Å². The molecule has 0 fully saturated rings. The summed E-state index contributed by atoms with van der Waals surface area (Å²) in [5.74, 6) is 0.507. The standard InChI is InChI=1S/C18H13FN4S/c1-11-8-15(24-9-11)18-22-16(12-2-4-13(19)5-3-12)17(23-18)14-6-7-20-10-21-14/h2-10H,1H3,(H,22,23). The first-order chi connectivity index (χ1) is 11.7. The maximum atomic E-state index is 13.3. The number of aromatic amines is 1. The molecule has 4 nitrogen and oxygen atoms in total. The number of H-pyrrole nitrogens is 1. The van der Waals surface area contributed by atoms with E-state index in [1.54, 1.807) is 29.7 Å². The van der Waals surface area contributed by atoms with Gasteiger partial charge in [-0.1, -0.05) is 0 Å². The Labute approximate surface area is 142 Å². The van der Waals surface area contributed by atoms with Crippen molar-refractivity contribution in [3.8, 4) is 33.3 Å². The summed E-state index contributed by atoms with van der Waals surface area (Å²) in [6.45, 7) is 2.05. The van der Waals surface area contributed by atoms with Gasteiger partial charge in [0.25, 0.3) is 0 Å². The van der Waals surface area contributed by atoms with E-state index in [9.17, 15) is 4.39 Å². The van der Waals surface area contributed by atoms with Gasteiger partial charge < -0.3 is 4.98 Å². The average Bonchev–Trinajstić information content (AvgIpc) is 3.23. The second kappa shape index (κ2) is 5.98. The Kier molecular flexibility index (Phi) is 3.66. The van der Waals surface area contributed by atoms with Gasteiger partial charge in [-0.2, -0.15) is 0 Å². The summed E-state index contributed by atoms with van der Waals surface area (Å²) in [6.07, 6.45) is 3.19. The number of hydrogen-bond acceptors (Lipinski definition) is 4. The Morgan fingerprint density at radius 1 is 1.12 bits per heavy atom. The topological polar surface area (TPSA) is 54.5 Å². The average molecular weight is 336 g/mol. The van der Waals surface area contributed by atoms with Gasteiger partial charge in [-0.05, 0) is 54.3 Å². The molecule has 0 radical (unpaired) electrons. The van der Waals surface area contributed by atoms with Gasteiger partial charge in [0, 0.05) is 11.8 Å². The van der Waals surface area contributed by atoms with Crippen molar-refractivity contribution < 1.29 is 4.39 Å². The van der Waals surface area contributed by atoms with Crippen LogP contribution in [0.5, 0.6) is 0 Å². The van der Waals surface area contributed by atoms with Crippen LogP contribution in [0.1, 0.15) is 5.56 Å². The van der Waals surface area contributed by atoms with Gasteiger partial charge in [0.05, 0.1) is 22.0 Å². The van der Waals surface area contributed by atoms with Crippen molar-refractivity contribution in [3.05, 3.63) is 65.7 Å². The molecule has 3 aromatic heterocycles. The molecule has 1 N–H and O–H groups in total. The molecule has 0 atom stereocenters. The second-order valence-electron chi connectivity index (χ2n) is 5.40. The van der Waals surface area contributed by atoms with E-state index in [4.69, 9.17) is 4.98 Å². The van der Waals surface area contributed by atoms with E-state index in [2.05, 4.69) is 33.3 Å². The smallest absolute Gasteiger partial charge is 0.148 e. The fourth-order valence-electron chi connectivity index (χ4n) is 2.49. The largest absolute Gasteiger partial charge is 0.335 e. The van der Waals surface area contributed by atoms with Gasteiger partial charge in [-0.3, -0.25) is 0 Å². The number of halogens is 1. The van der Waals surface area contributed by atoms with E-state index < -0.39 is 0 Å². The molecular formula is C18H13FN4S. The molecular weight excluding hydrogens is 323 g/mol. The highest BCUT2D eigenvalue weighted by molar-refractivity contribution is 7.13. The lowest BCUT2D eigenvalue weighted by Gasteiger charge is -2.01. The van der Waals surface area contributed by atoms with Crippen LogP contribution in [0, 0.1) is 12.7 Å². The summed E-state index contributed by atoms with van der Waals surface area (Å²) in [4.78, 5) is 17.4. The number of thiophene rings is 1. The lowest BCUT2D eigenvalue weighted by molar-refractivity contribution is 0.628. The minimum atomic E-state index is -0.271. The van der Waals surface area contributed by atoms with Crippen LogP contribution in [-0.2, 0) is 0 Å². The summed E-state index contributed by atoms with van der Waals surface area (Å²) in [6, 6.07) is 10.2. The lowest BCUT2D eigenvalue weighted by Crippen LogP contribution is -1.88. The van der Waals surface area contributed by atoms with Crippen molar-refractivity contribution in [1.29, 1.82) is 0 Å². The number of hydrogen-bond donors (Lipinski definition) is 1. The number of benzene rings is 1. The number of aryl methyl sites for hydroxylation is 1. The van der Waals surface area contributed by atoms with Gasteiger partial charge in [-0.25, -0.2) is 19.3 Å². The third-order valence-electron chi connectivity index (χ3n) is 3.62. The van der Waals surface area contributed by atoms with E-state index in [-0.39, 0.29) is 5.82 Å². The predicted molar refractivity (Wildman–Crippen MR) is 93.1 cm³/mol. The van der Waals surface area contributed by atoms with Crippen molar-refractivity contribution in [2.24, 2.45) is 0 Å². The van der Waals surface area contributed by atoms with Gasteiger partial charge in [0.1, 0.15) is 18.0 Å². The molecule has 0 unspecified atom stereocenters. The van der Waals surface area contributed by atoms with Crippen LogP contribution in [0.3, 0.4) is 0 Å². The molecule has 0 saturated heterocycles. The Morgan fingerprint density at radius 3 is 2.62 bits per heavy atom. The third-order valence-corrected chi connectivity index (χ3v) is 4.68. The van der Waals surface area contributed by atoms with Gasteiger partial charge in [0.15, 0.2) is 0 Å². The number of nitrogens with one attached hydrogen (secondary N) is 1. The van der Waals surface area contributed by atoms with E-state index >= 15 is 0 Å². The molecule has 24 heavy (non-hydrogen) atoms. The molecule has 0 aliphatic rings. The lowest BCUT2D eigenvalue weighted by atomic mass is 10.1. The Bertz CT molecular complexity index is 974. The minimum absolute atomic E-state index is 0.271. The van der Waals surface area contributed by atoms with Crippen LogP contribution < -0.4 is 0 Å². The van der Waals surface area contributed by atoms with Gasteiger partial charge in [0.2, 0.25) is 0 Å². The zero-order valence-corrected chi connectivity index (χ0v) is 13.6. The molecule has 1 aromatic carbocycles. The van der Waals surface area contributed by atoms with Crippen LogP contribution in [0.25, 0.3) is 33.3 Å². The summed E-state index contributed by atoms with van der Waals surface area (Å²) in [5.41, 5.74) is 4.32. The first-order valence-corrected chi connectivity index (χ1v) is 8.26. The Balaban J connectivity index is 1.90. The molecule has 3 heterocycles. The minimum Gasteiger partial charge on any atom is -0.335 e. The summed E-state index contributed by atoms with van der Waals surface area (Å²) < 4.78 is 13.3. The number of nitrogens with zero attached hydrogens (tertiary/aromatic N) is 3. The highest BCUT2D eigenvalue weighted by atomic mass is 32.1. The highest BCUT2D eigenvalue weighted by Gasteiger charge is 2.17. The molecule has 6 heteroatoms. The summed E-state index contributed by atoms with van der Waals surface area (Å²) in [5, 5.41) is 2.08. The van der Waals surface area contributed by atoms with E-state index in [0.717, 1.165) is 33.3 Å². The number of rotatable bonds is 3. The zero-order chi connectivity index (χ0) is 16.5. The molecule has 0 aliphatic heterocycles. The maximum Gasteiger partial charge on any atom is 0.148 e. The van der Waals surface area contributed by atoms with Crippen molar-refractivity contribution in [2.45, 2.75) is 6.92 Å². The van der Waals surface area contributed by atoms with Crippen molar-refractivity contribution in [2.75, 3.05) is 0 Å². The number of aromatic nitrogens is 4. The fraction of sp³-hybridized carbons (Fsp3) is 0.0556. The molecule has 4 aromatic rings. The third kappa shape index (κ3) is 2.72. The maximum absolute atomic E-state index is 13.3. The summed E-state index contributed by atoms with van der Waals surface area (Å²) >= 11 is 1.63.